The molecule has 0 aliphatic carbocycles. The van der Waals surface area contributed by atoms with Crippen LogP contribution in [0.3, 0.4) is 0 Å². The smallest absolute Gasteiger partial charge is 0.223 e. The molecule has 1 saturated heterocycles. The molecule has 0 aromatic rings. The van der Waals surface area contributed by atoms with E-state index in [0.717, 1.165) is 25.3 Å². The van der Waals surface area contributed by atoms with Gasteiger partial charge in [0.05, 0.1) is 0 Å². The zero-order valence-corrected chi connectivity index (χ0v) is 10.1. The normalized spacial score (nSPS) is 17.5. The summed E-state index contributed by atoms with van der Waals surface area (Å²) in [4.78, 5) is 13.7. The minimum Gasteiger partial charge on any atom is -0.343 e. The molecule has 0 spiro atoms. The van der Waals surface area contributed by atoms with Crippen LogP contribution in [-0.4, -0.2) is 34.9 Å². The van der Waals surface area contributed by atoms with Gasteiger partial charge in [-0.3, -0.25) is 4.79 Å². The van der Waals surface area contributed by atoms with Crippen molar-refractivity contribution in [1.82, 2.24) is 4.90 Å². The first-order valence-corrected chi connectivity index (χ1v) is 6.64. The molecule has 14 heavy (non-hydrogen) atoms. The summed E-state index contributed by atoms with van der Waals surface area (Å²) in [5.41, 5.74) is 0. The fourth-order valence-electron chi connectivity index (χ4n) is 1.68. The van der Waals surface area contributed by atoms with Gasteiger partial charge in [0.1, 0.15) is 0 Å². The third-order valence-electron chi connectivity index (χ3n) is 2.48. The maximum absolute atomic E-state index is 11.7. The molecule has 1 fully saturated rings. The highest BCUT2D eigenvalue weighted by Gasteiger charge is 2.15. The van der Waals surface area contributed by atoms with Crippen LogP contribution in [0.4, 0.5) is 0 Å². The van der Waals surface area contributed by atoms with Crippen molar-refractivity contribution in [2.75, 3.05) is 18.8 Å². The van der Waals surface area contributed by atoms with Gasteiger partial charge >= 0.3 is 0 Å². The number of hydrogen-bond acceptors (Lipinski definition) is 2. The number of rotatable bonds is 4. The summed E-state index contributed by atoms with van der Waals surface area (Å²) >= 11 is 1.88. The average molecular weight is 215 g/mol. The van der Waals surface area contributed by atoms with Crippen molar-refractivity contribution in [3.05, 3.63) is 0 Å². The Morgan fingerprint density at radius 1 is 1.29 bits per heavy atom. The van der Waals surface area contributed by atoms with Gasteiger partial charge in [-0.2, -0.15) is 11.8 Å². The largest absolute Gasteiger partial charge is 0.343 e. The Morgan fingerprint density at radius 2 is 1.93 bits per heavy atom. The number of likely N-dealkylation sites (tertiary alicyclic amines) is 1. The van der Waals surface area contributed by atoms with Crippen LogP contribution in [0.5, 0.6) is 0 Å². The summed E-state index contributed by atoms with van der Waals surface area (Å²) in [6.45, 7) is 6.34. The highest BCUT2D eigenvalue weighted by Crippen LogP contribution is 2.14. The lowest BCUT2D eigenvalue weighted by atomic mass is 10.1. The number of amides is 1. The van der Waals surface area contributed by atoms with Gasteiger partial charge in [-0.05, 0) is 24.5 Å². The highest BCUT2D eigenvalue weighted by atomic mass is 32.2. The van der Waals surface area contributed by atoms with Crippen LogP contribution >= 0.6 is 11.8 Å². The monoisotopic (exact) mass is 215 g/mol. The van der Waals surface area contributed by atoms with E-state index < -0.39 is 0 Å². The molecule has 1 heterocycles. The molecule has 0 bridgehead atoms. The van der Waals surface area contributed by atoms with Gasteiger partial charge in [0.2, 0.25) is 5.91 Å². The second kappa shape index (κ2) is 6.33. The summed E-state index contributed by atoms with van der Waals surface area (Å²) in [5, 5.41) is 0.643. The minimum absolute atomic E-state index is 0.359. The van der Waals surface area contributed by atoms with Crippen LogP contribution < -0.4 is 0 Å². The van der Waals surface area contributed by atoms with Gasteiger partial charge in [0.25, 0.3) is 0 Å². The quantitative estimate of drug-likeness (QED) is 0.718. The molecule has 0 saturated carbocycles. The van der Waals surface area contributed by atoms with Gasteiger partial charge < -0.3 is 4.90 Å². The topological polar surface area (TPSA) is 20.3 Å². The molecule has 0 radical (unpaired) electrons. The molecular weight excluding hydrogens is 194 g/mol. The molecule has 1 aliphatic heterocycles. The van der Waals surface area contributed by atoms with E-state index in [1.54, 1.807) is 0 Å². The van der Waals surface area contributed by atoms with Crippen LogP contribution in [0.15, 0.2) is 0 Å². The van der Waals surface area contributed by atoms with Crippen LogP contribution in [0.25, 0.3) is 0 Å². The Bertz CT molecular complexity index is 176. The molecule has 1 rings (SSSR count). The second-order valence-electron chi connectivity index (χ2n) is 4.11. The highest BCUT2D eigenvalue weighted by molar-refractivity contribution is 7.99. The number of hydrogen-bond donors (Lipinski definition) is 0. The fourth-order valence-corrected chi connectivity index (χ4v) is 2.45. The molecule has 0 atom stereocenters. The average Bonchev–Trinajstić information content (AvgIpc) is 2.18. The van der Waals surface area contributed by atoms with Crippen molar-refractivity contribution >= 4 is 17.7 Å². The van der Waals surface area contributed by atoms with E-state index in [0.29, 0.717) is 11.2 Å². The first-order valence-electron chi connectivity index (χ1n) is 5.59. The first-order chi connectivity index (χ1) is 6.70. The van der Waals surface area contributed by atoms with E-state index in [-0.39, 0.29) is 0 Å². The van der Waals surface area contributed by atoms with Gasteiger partial charge in [0, 0.05) is 25.3 Å². The predicted octanol–water partition coefficient (Wildman–Crippen LogP) is 2.53. The summed E-state index contributed by atoms with van der Waals surface area (Å²) in [6, 6.07) is 0. The molecular formula is C11H21NOS. The molecule has 0 unspecified atom stereocenters. The van der Waals surface area contributed by atoms with Gasteiger partial charge in [-0.25, -0.2) is 0 Å². The maximum Gasteiger partial charge on any atom is 0.223 e. The first kappa shape index (κ1) is 11.9. The van der Waals surface area contributed by atoms with Gasteiger partial charge in [0.15, 0.2) is 0 Å². The standard InChI is InChI=1S/C11H21NOS/c1-10(2)14-9-6-11(13)12-7-4-3-5-8-12/h10H,3-9H2,1-2H3. The Hall–Kier alpha value is -0.180. The summed E-state index contributed by atoms with van der Waals surface area (Å²) < 4.78 is 0. The Balaban J connectivity index is 2.13. The van der Waals surface area contributed by atoms with E-state index in [9.17, 15) is 4.79 Å². The summed E-state index contributed by atoms with van der Waals surface area (Å²) in [6.07, 6.45) is 4.42. The Kier molecular flexibility index (Phi) is 5.38. The SMILES string of the molecule is CC(C)SCCC(=O)N1CCCCC1. The molecule has 0 aromatic heterocycles. The molecule has 3 heteroatoms. The molecule has 82 valence electrons. The van der Waals surface area contributed by atoms with Crippen LogP contribution in [0.1, 0.15) is 39.5 Å². The van der Waals surface area contributed by atoms with Crippen molar-refractivity contribution in [3.8, 4) is 0 Å². The van der Waals surface area contributed by atoms with Crippen molar-refractivity contribution in [2.24, 2.45) is 0 Å². The Labute approximate surface area is 91.4 Å². The lowest BCUT2D eigenvalue weighted by Crippen LogP contribution is -2.35. The van der Waals surface area contributed by atoms with Crippen LogP contribution in [-0.2, 0) is 4.79 Å². The zero-order valence-electron chi connectivity index (χ0n) is 9.29. The van der Waals surface area contributed by atoms with E-state index in [1.807, 2.05) is 16.7 Å². The predicted molar refractivity (Wildman–Crippen MR) is 62.6 cm³/mol. The van der Waals surface area contributed by atoms with Crippen molar-refractivity contribution < 1.29 is 4.79 Å². The molecule has 1 aliphatic rings. The van der Waals surface area contributed by atoms with Gasteiger partial charge in [-0.15, -0.1) is 0 Å². The third-order valence-corrected chi connectivity index (χ3v) is 3.58. The van der Waals surface area contributed by atoms with Gasteiger partial charge in [-0.1, -0.05) is 13.8 Å². The molecule has 0 aromatic carbocycles. The maximum atomic E-state index is 11.7. The van der Waals surface area contributed by atoms with Crippen LogP contribution in [0.2, 0.25) is 0 Å². The van der Waals surface area contributed by atoms with Crippen molar-refractivity contribution in [1.29, 1.82) is 0 Å². The summed E-state index contributed by atoms with van der Waals surface area (Å²) in [5.74, 6) is 1.34. The van der Waals surface area contributed by atoms with Crippen LogP contribution in [0, 0.1) is 0 Å². The fraction of sp³-hybridized carbons (Fsp3) is 0.909. The lowest BCUT2D eigenvalue weighted by molar-refractivity contribution is -0.131. The van der Waals surface area contributed by atoms with E-state index in [4.69, 9.17) is 0 Å². The van der Waals surface area contributed by atoms with E-state index in [1.165, 1.54) is 19.3 Å². The van der Waals surface area contributed by atoms with Crippen molar-refractivity contribution in [3.63, 3.8) is 0 Å². The number of thioether (sulfide) groups is 1. The molecule has 0 N–H and O–H groups in total. The lowest BCUT2D eigenvalue weighted by Gasteiger charge is -2.26. The third kappa shape index (κ3) is 4.36. The minimum atomic E-state index is 0.359. The number of carbonyl (C=O) groups excluding carboxylic acids is 1. The number of carbonyl (C=O) groups is 1. The molecule has 1 amide bonds. The van der Waals surface area contributed by atoms with E-state index >= 15 is 0 Å². The Morgan fingerprint density at radius 3 is 2.50 bits per heavy atom. The van der Waals surface area contributed by atoms with Crippen molar-refractivity contribution in [2.45, 2.75) is 44.8 Å². The molecule has 2 nitrogen and oxygen atoms in total. The number of nitrogens with zero attached hydrogens (tertiary/aromatic N) is 1. The summed E-state index contributed by atoms with van der Waals surface area (Å²) in [7, 11) is 0. The zero-order chi connectivity index (χ0) is 10.4. The second-order valence-corrected chi connectivity index (χ2v) is 5.80. The number of piperidine rings is 1. The van der Waals surface area contributed by atoms with E-state index in [2.05, 4.69) is 13.8 Å².